The van der Waals surface area contributed by atoms with E-state index in [1.807, 2.05) is 41.8 Å². The van der Waals surface area contributed by atoms with Gasteiger partial charge in [-0.25, -0.2) is 9.97 Å². The summed E-state index contributed by atoms with van der Waals surface area (Å²) in [5.41, 5.74) is 37.6. The van der Waals surface area contributed by atoms with Gasteiger partial charge in [-0.05, 0) is 230 Å². The van der Waals surface area contributed by atoms with Crippen LogP contribution in [0.15, 0.2) is 484 Å². The SMILES string of the molecule is CC1(C)c2ccccc2-c2ccc(N(c3ccc(-c4ccc(-c5ccccc5)cc4)cc3)c3ccc(-c4ccc5c(c4)c4ccccc4n5-c4ccccc4)cc3)cc21.c1cc(-c2cccc(-n3c4ccccc4c4ccccc43)c2)cc(-c2nccc3c2sc2ccccc23)c1.c1cc(-c2cccc(-n3c4ccccc4c4ccccc43)c2)cc(-c2ncnc3c2oc2ccccc23)c1. The van der Waals surface area contributed by atoms with Crippen molar-refractivity contribution < 1.29 is 4.42 Å². The standard InChI is InChI=1S/C57H42N2.C35H22N2S.C34H21N3O/c1-57(2)53-19-11-9-17-49(53)50-35-34-48(38-54(50)57)58(46-30-25-42(26-31-46)41-23-21-40(22-24-41)39-13-5-3-6-14-39)47-32-27-43(28-33-47)44-29-36-56-52(37-44)51-18-10-12-20-55(51)59(56)45-15-7-4-8-16-45;1-4-16-31-27(13-1)28-14-2-5-17-32(28)37(31)26-12-8-10-24(22-26)23-9-7-11-25(21-23)34-35-30(19-20-36-34)29-15-3-6-18-33(29)38-35;1-4-16-29-26(13-1)27-14-2-5-17-30(27)37(29)25-12-8-10-23(20-25)22-9-7-11-24(19-22)32-34-33(36-21-35-32)28-15-3-6-18-31(28)38-34/h3-38H,1-2H3;1-22H;1-21H. The van der Waals surface area contributed by atoms with Crippen LogP contribution in [0.2, 0.25) is 0 Å². The molecule has 0 N–H and O–H groups in total. The second kappa shape index (κ2) is 33.2. The Labute approximate surface area is 784 Å². The van der Waals surface area contributed by atoms with Gasteiger partial charge in [-0.2, -0.15) is 0 Å². The van der Waals surface area contributed by atoms with Crippen LogP contribution in [-0.2, 0) is 5.41 Å². The third-order valence-corrected chi connectivity index (χ3v) is 28.4. The molecule has 0 aliphatic heterocycles. The van der Waals surface area contributed by atoms with Crippen LogP contribution in [0.25, 0.3) is 214 Å². The minimum atomic E-state index is -0.102. The van der Waals surface area contributed by atoms with Gasteiger partial charge >= 0.3 is 0 Å². The Kier molecular flexibility index (Phi) is 19.6. The fraction of sp³-hybridized carbons (Fsp3) is 0.0238. The molecule has 9 heteroatoms. The number of fused-ring (bicyclic) bond motifs is 18. The molecule has 0 amide bonds. The van der Waals surface area contributed by atoms with Crippen molar-refractivity contribution in [1.29, 1.82) is 0 Å². The maximum absolute atomic E-state index is 6.21. The number of hydrogen-bond acceptors (Lipinski definition) is 6. The molecule has 7 heterocycles. The van der Waals surface area contributed by atoms with Gasteiger partial charge in [0.15, 0.2) is 5.58 Å². The predicted molar refractivity (Wildman–Crippen MR) is 566 cm³/mol. The molecule has 26 aromatic rings. The van der Waals surface area contributed by atoms with Gasteiger partial charge in [0.1, 0.15) is 23.1 Å². The van der Waals surface area contributed by atoms with Crippen LogP contribution in [0.3, 0.4) is 0 Å². The number of benzene rings is 19. The van der Waals surface area contributed by atoms with Gasteiger partial charge in [-0.1, -0.05) is 329 Å². The molecule has 19 aromatic carbocycles. The fourth-order valence-electron chi connectivity index (χ4n) is 20.7. The van der Waals surface area contributed by atoms with Gasteiger partial charge in [0.2, 0.25) is 0 Å². The Morgan fingerprint density at radius 3 is 1.22 bits per heavy atom. The van der Waals surface area contributed by atoms with Gasteiger partial charge in [-0.15, -0.1) is 11.3 Å². The minimum absolute atomic E-state index is 0.102. The molecule has 7 aromatic heterocycles. The number of hydrogen-bond donors (Lipinski definition) is 0. The Bertz CT molecular complexity index is 8680. The highest BCUT2D eigenvalue weighted by Crippen LogP contribution is 2.52. The number of nitrogens with zero attached hydrogens (tertiary/aromatic N) is 7. The topological polar surface area (TPSA) is 69.8 Å². The lowest BCUT2D eigenvalue weighted by atomic mass is 9.82. The van der Waals surface area contributed by atoms with E-state index in [-0.39, 0.29) is 5.41 Å². The molecule has 0 spiro atoms. The highest BCUT2D eigenvalue weighted by molar-refractivity contribution is 7.26. The van der Waals surface area contributed by atoms with Crippen molar-refractivity contribution in [2.45, 2.75) is 19.3 Å². The smallest absolute Gasteiger partial charge is 0.180 e. The molecule has 0 fully saturated rings. The monoisotopic (exact) mass is 1740 g/mol. The zero-order valence-corrected chi connectivity index (χ0v) is 74.9. The van der Waals surface area contributed by atoms with Crippen molar-refractivity contribution in [1.82, 2.24) is 28.7 Å². The maximum atomic E-state index is 6.21. The lowest BCUT2D eigenvalue weighted by molar-refractivity contribution is 0.660. The first-order valence-electron chi connectivity index (χ1n) is 46.0. The van der Waals surface area contributed by atoms with E-state index in [1.165, 1.54) is 158 Å². The van der Waals surface area contributed by atoms with Crippen LogP contribution in [0.1, 0.15) is 25.0 Å². The van der Waals surface area contributed by atoms with Gasteiger partial charge in [0, 0.05) is 110 Å². The van der Waals surface area contributed by atoms with E-state index < -0.39 is 0 Å². The first-order chi connectivity index (χ1) is 66.7. The van der Waals surface area contributed by atoms with Crippen molar-refractivity contribution in [3.8, 4) is 106 Å². The zero-order valence-electron chi connectivity index (χ0n) is 74.1. The highest BCUT2D eigenvalue weighted by Gasteiger charge is 2.36. The first-order valence-corrected chi connectivity index (χ1v) is 46.8. The molecular weight excluding hydrogens is 1660 g/mol. The van der Waals surface area contributed by atoms with Gasteiger partial charge < -0.3 is 23.0 Å². The normalized spacial score (nSPS) is 12.1. The fourth-order valence-corrected chi connectivity index (χ4v) is 21.9. The largest absolute Gasteiger partial charge is 0.452 e. The molecule has 8 nitrogen and oxygen atoms in total. The number of pyridine rings is 1. The second-order valence-corrected chi connectivity index (χ2v) is 36.4. The highest BCUT2D eigenvalue weighted by atomic mass is 32.1. The van der Waals surface area contributed by atoms with Crippen molar-refractivity contribution in [3.63, 3.8) is 0 Å². The van der Waals surface area contributed by atoms with E-state index in [1.54, 1.807) is 6.33 Å². The van der Waals surface area contributed by atoms with Crippen LogP contribution in [0.4, 0.5) is 17.1 Å². The number of thiophene rings is 1. The number of furan rings is 1. The summed E-state index contributed by atoms with van der Waals surface area (Å²) in [4.78, 5) is 16.4. The summed E-state index contributed by atoms with van der Waals surface area (Å²) in [6.45, 7) is 4.71. The molecule has 0 saturated heterocycles. The number of aromatic nitrogens is 6. The molecule has 0 saturated carbocycles. The Morgan fingerprint density at radius 2 is 0.644 bits per heavy atom. The number of anilines is 3. The van der Waals surface area contributed by atoms with Crippen LogP contribution < -0.4 is 4.90 Å². The molecule has 0 unspecified atom stereocenters. The molecule has 1 aliphatic rings. The van der Waals surface area contributed by atoms with E-state index in [0.29, 0.717) is 5.58 Å². The van der Waals surface area contributed by atoms with E-state index in [9.17, 15) is 0 Å². The Hall–Kier alpha value is -17.4. The van der Waals surface area contributed by atoms with E-state index in [2.05, 4.69) is 485 Å². The molecule has 0 bridgehead atoms. The number of rotatable bonds is 13. The van der Waals surface area contributed by atoms with Gasteiger partial charge in [0.05, 0.1) is 43.5 Å². The summed E-state index contributed by atoms with van der Waals surface area (Å²) >= 11 is 1.82. The van der Waals surface area contributed by atoms with Crippen molar-refractivity contribution in [3.05, 3.63) is 491 Å². The van der Waals surface area contributed by atoms with Crippen LogP contribution in [-0.4, -0.2) is 28.7 Å². The molecular formula is C126H85N7OS. The lowest BCUT2D eigenvalue weighted by Gasteiger charge is -2.28. The summed E-state index contributed by atoms with van der Waals surface area (Å²) in [7, 11) is 0. The van der Waals surface area contributed by atoms with Crippen molar-refractivity contribution in [2.75, 3.05) is 4.90 Å². The van der Waals surface area contributed by atoms with Gasteiger partial charge in [0.25, 0.3) is 0 Å². The molecule has 0 radical (unpaired) electrons. The molecule has 0 atom stereocenters. The second-order valence-electron chi connectivity index (χ2n) is 35.3. The van der Waals surface area contributed by atoms with Gasteiger partial charge in [-0.3, -0.25) is 4.98 Å². The van der Waals surface area contributed by atoms with Crippen molar-refractivity contribution >= 4 is 136 Å². The number of para-hydroxylation sites is 7. The van der Waals surface area contributed by atoms with Crippen LogP contribution >= 0.6 is 11.3 Å². The Balaban J connectivity index is 0.000000112. The van der Waals surface area contributed by atoms with E-state index >= 15 is 0 Å². The summed E-state index contributed by atoms with van der Waals surface area (Å²) in [6, 6.07) is 168. The molecule has 1 aliphatic carbocycles. The third kappa shape index (κ3) is 14.0. The van der Waals surface area contributed by atoms with E-state index in [0.717, 1.165) is 78.6 Å². The van der Waals surface area contributed by atoms with E-state index in [4.69, 9.17) is 9.40 Å². The van der Waals surface area contributed by atoms with Crippen molar-refractivity contribution in [2.24, 2.45) is 0 Å². The predicted octanol–water partition coefficient (Wildman–Crippen LogP) is 34.2. The summed E-state index contributed by atoms with van der Waals surface area (Å²) < 4.78 is 15.8. The first kappa shape index (κ1) is 79.8. The summed E-state index contributed by atoms with van der Waals surface area (Å²) in [5, 5.41) is 11.2. The average molecular weight is 1750 g/mol. The lowest BCUT2D eigenvalue weighted by Crippen LogP contribution is -2.16. The molecule has 135 heavy (non-hydrogen) atoms. The third-order valence-electron chi connectivity index (χ3n) is 27.2. The molecule has 27 rings (SSSR count). The van der Waals surface area contributed by atoms with Crippen LogP contribution in [0.5, 0.6) is 0 Å². The Morgan fingerprint density at radius 1 is 0.252 bits per heavy atom. The minimum Gasteiger partial charge on any atom is -0.452 e. The van der Waals surface area contributed by atoms with Crippen LogP contribution in [0, 0.1) is 0 Å². The molecule has 636 valence electrons. The summed E-state index contributed by atoms with van der Waals surface area (Å²) in [5.74, 6) is 0. The maximum Gasteiger partial charge on any atom is 0.180 e. The summed E-state index contributed by atoms with van der Waals surface area (Å²) in [6.07, 6.45) is 3.56. The zero-order chi connectivity index (χ0) is 89.6. The average Bonchev–Trinajstić information content (AvgIpc) is 1.57. The quantitative estimate of drug-likeness (QED) is 0.115.